The van der Waals surface area contributed by atoms with Crippen molar-refractivity contribution in [2.75, 3.05) is 5.32 Å². The second kappa shape index (κ2) is 9.43. The van der Waals surface area contributed by atoms with E-state index in [1.165, 1.54) is 5.56 Å². The highest BCUT2D eigenvalue weighted by atomic mass is 19.3. The molecule has 1 saturated carbocycles. The zero-order valence-corrected chi connectivity index (χ0v) is 21.2. The molecule has 2 aromatic heterocycles. The minimum atomic E-state index is -2.92. The largest absolute Gasteiger partial charge is 0.331 e. The van der Waals surface area contributed by atoms with Crippen LogP contribution in [0.25, 0.3) is 11.1 Å². The van der Waals surface area contributed by atoms with E-state index in [1.54, 1.807) is 12.3 Å². The van der Waals surface area contributed by atoms with Gasteiger partial charge in [0, 0.05) is 24.5 Å². The van der Waals surface area contributed by atoms with Crippen molar-refractivity contribution in [3.8, 4) is 11.1 Å². The van der Waals surface area contributed by atoms with E-state index < -0.39 is 24.2 Å². The number of amides is 1. The summed E-state index contributed by atoms with van der Waals surface area (Å²) >= 11 is 0. The molecule has 2 heterocycles. The van der Waals surface area contributed by atoms with E-state index in [0.29, 0.717) is 12.2 Å². The van der Waals surface area contributed by atoms with Gasteiger partial charge in [-0.1, -0.05) is 50.5 Å². The number of hydrogen-bond acceptors (Lipinski definition) is 6. The fraction of sp³-hybridized carbons (Fsp3) is 0.464. The lowest BCUT2D eigenvalue weighted by Crippen LogP contribution is -2.18. The van der Waals surface area contributed by atoms with E-state index in [2.05, 4.69) is 32.6 Å². The second-order valence-corrected chi connectivity index (χ2v) is 11.1. The van der Waals surface area contributed by atoms with Crippen LogP contribution in [-0.4, -0.2) is 32.7 Å². The zero-order valence-electron chi connectivity index (χ0n) is 21.2. The number of pyridine rings is 1. The van der Waals surface area contributed by atoms with Crippen LogP contribution in [0.1, 0.15) is 86.4 Å². The molecular formula is C28H30F2N4O3. The molecule has 2 aliphatic carbocycles. The number of carbonyl (C=O) groups is 2. The molecule has 2 aliphatic rings. The molecule has 1 fully saturated rings. The summed E-state index contributed by atoms with van der Waals surface area (Å²) in [5, 5.41) is 6.49. The Balaban J connectivity index is 1.34. The molecule has 194 valence electrons. The standard InChI is InChI=1S/C28H30F2N4O3/c1-27(2,3)26-33-25(37-34-26)22(35)13-19-7-5-4-6-18-12-16(8-9-20(18)19)17-10-11-31-23(14-17)32-24(36)21-15-28(21,29)30/h8-12,14,19,21H,4-7,13,15H2,1-3H3,(H,31,32,36)/t19-,21?/m0/s1. The van der Waals surface area contributed by atoms with Crippen molar-refractivity contribution >= 4 is 17.5 Å². The van der Waals surface area contributed by atoms with Crippen molar-refractivity contribution in [3.05, 3.63) is 59.4 Å². The first kappa shape index (κ1) is 25.2. The first-order valence-corrected chi connectivity index (χ1v) is 12.7. The maximum atomic E-state index is 13.2. The second-order valence-electron chi connectivity index (χ2n) is 11.1. The first-order chi connectivity index (χ1) is 17.5. The summed E-state index contributed by atoms with van der Waals surface area (Å²) in [6.45, 7) is 5.91. The molecule has 3 aromatic rings. The van der Waals surface area contributed by atoms with Gasteiger partial charge in [-0.2, -0.15) is 4.98 Å². The predicted octanol–water partition coefficient (Wildman–Crippen LogP) is 6.11. The van der Waals surface area contributed by atoms with Gasteiger partial charge in [0.15, 0.2) is 5.82 Å². The van der Waals surface area contributed by atoms with Gasteiger partial charge in [0.1, 0.15) is 11.7 Å². The minimum absolute atomic E-state index is 0.0523. The van der Waals surface area contributed by atoms with E-state index in [9.17, 15) is 18.4 Å². The molecular weight excluding hydrogens is 478 g/mol. The van der Waals surface area contributed by atoms with Crippen LogP contribution in [0, 0.1) is 5.92 Å². The molecule has 0 saturated heterocycles. The van der Waals surface area contributed by atoms with Crippen LogP contribution < -0.4 is 5.32 Å². The van der Waals surface area contributed by atoms with Crippen LogP contribution in [0.4, 0.5) is 14.6 Å². The summed E-state index contributed by atoms with van der Waals surface area (Å²) in [6, 6.07) is 9.68. The highest BCUT2D eigenvalue weighted by molar-refractivity contribution is 5.95. The predicted molar refractivity (Wildman–Crippen MR) is 134 cm³/mol. The summed E-state index contributed by atoms with van der Waals surface area (Å²) in [4.78, 5) is 33.5. The maximum absolute atomic E-state index is 13.2. The number of nitrogens with zero attached hydrogens (tertiary/aromatic N) is 3. The van der Waals surface area contributed by atoms with Gasteiger partial charge in [-0.05, 0) is 59.6 Å². The lowest BCUT2D eigenvalue weighted by molar-refractivity contribution is -0.119. The van der Waals surface area contributed by atoms with Gasteiger partial charge < -0.3 is 9.84 Å². The fourth-order valence-corrected chi connectivity index (χ4v) is 4.82. The molecule has 1 aromatic carbocycles. The van der Waals surface area contributed by atoms with Gasteiger partial charge in [-0.25, -0.2) is 13.8 Å². The number of aryl methyl sites for hydroxylation is 1. The average Bonchev–Trinajstić information content (AvgIpc) is 3.28. The molecule has 0 spiro atoms. The Kier molecular flexibility index (Phi) is 6.41. The van der Waals surface area contributed by atoms with E-state index in [4.69, 9.17) is 4.52 Å². The quantitative estimate of drug-likeness (QED) is 0.319. The van der Waals surface area contributed by atoms with Gasteiger partial charge in [0.05, 0.1) is 0 Å². The van der Waals surface area contributed by atoms with Crippen molar-refractivity contribution < 1.29 is 22.9 Å². The Hall–Kier alpha value is -3.49. The lowest BCUT2D eigenvalue weighted by atomic mass is 9.87. The normalized spacial score (nSPS) is 20.6. The lowest BCUT2D eigenvalue weighted by Gasteiger charge is -2.17. The topological polar surface area (TPSA) is 98.0 Å². The summed E-state index contributed by atoms with van der Waals surface area (Å²) in [7, 11) is 0. The Morgan fingerprint density at radius 3 is 2.59 bits per heavy atom. The van der Waals surface area contributed by atoms with Crippen molar-refractivity contribution in [2.24, 2.45) is 5.92 Å². The van der Waals surface area contributed by atoms with Crippen molar-refractivity contribution in [1.82, 2.24) is 15.1 Å². The molecule has 1 unspecified atom stereocenters. The highest BCUT2D eigenvalue weighted by Crippen LogP contribution is 2.49. The Labute approximate surface area is 214 Å². The van der Waals surface area contributed by atoms with Crippen molar-refractivity contribution in [2.45, 2.75) is 76.6 Å². The average molecular weight is 509 g/mol. The molecule has 5 rings (SSSR count). The molecule has 7 nitrogen and oxygen atoms in total. The third-order valence-corrected chi connectivity index (χ3v) is 7.09. The molecule has 37 heavy (non-hydrogen) atoms. The number of carbonyl (C=O) groups excluding carboxylic acids is 2. The summed E-state index contributed by atoms with van der Waals surface area (Å²) in [5.74, 6) is -4.19. The number of benzene rings is 1. The molecule has 2 atom stereocenters. The number of hydrogen-bond donors (Lipinski definition) is 1. The van der Waals surface area contributed by atoms with Gasteiger partial charge in [-0.3, -0.25) is 9.59 Å². The number of anilines is 1. The van der Waals surface area contributed by atoms with Gasteiger partial charge >= 0.3 is 0 Å². The summed E-state index contributed by atoms with van der Waals surface area (Å²) in [6.07, 6.45) is 5.26. The Bertz CT molecular complexity index is 1350. The SMILES string of the molecule is CC(C)(C)c1noc(C(=O)C[C@@H]2CCCCc3cc(-c4ccnc(NC(=O)C5CC5(F)F)c4)ccc32)n1. The van der Waals surface area contributed by atoms with E-state index in [-0.39, 0.29) is 28.8 Å². The third kappa shape index (κ3) is 5.45. The number of alkyl halides is 2. The molecule has 9 heteroatoms. The molecule has 1 N–H and O–H groups in total. The zero-order chi connectivity index (χ0) is 26.4. The van der Waals surface area contributed by atoms with Crippen LogP contribution in [0.3, 0.4) is 0 Å². The monoisotopic (exact) mass is 508 g/mol. The molecule has 1 amide bonds. The van der Waals surface area contributed by atoms with E-state index >= 15 is 0 Å². The number of Topliss-reactive ketones (excluding diaryl/α,β-unsaturated/α-hetero) is 1. The molecule has 0 bridgehead atoms. The van der Waals surface area contributed by atoms with Crippen LogP contribution in [-0.2, 0) is 16.6 Å². The van der Waals surface area contributed by atoms with Crippen LogP contribution in [0.15, 0.2) is 41.1 Å². The van der Waals surface area contributed by atoms with Crippen LogP contribution >= 0.6 is 0 Å². The smallest absolute Gasteiger partial charge is 0.294 e. The van der Waals surface area contributed by atoms with E-state index in [1.807, 2.05) is 32.9 Å². The number of fused-ring (bicyclic) bond motifs is 1. The number of rotatable bonds is 6. The number of nitrogens with one attached hydrogen (secondary N) is 1. The maximum Gasteiger partial charge on any atom is 0.294 e. The van der Waals surface area contributed by atoms with Gasteiger partial charge in [-0.15, -0.1) is 0 Å². The van der Waals surface area contributed by atoms with Crippen LogP contribution in [0.5, 0.6) is 0 Å². The van der Waals surface area contributed by atoms with E-state index in [0.717, 1.165) is 42.4 Å². The van der Waals surface area contributed by atoms with Crippen molar-refractivity contribution in [3.63, 3.8) is 0 Å². The number of aromatic nitrogens is 3. The Morgan fingerprint density at radius 2 is 1.89 bits per heavy atom. The summed E-state index contributed by atoms with van der Waals surface area (Å²) < 4.78 is 31.7. The Morgan fingerprint density at radius 1 is 1.14 bits per heavy atom. The van der Waals surface area contributed by atoms with Gasteiger partial charge in [0.2, 0.25) is 11.7 Å². The van der Waals surface area contributed by atoms with Crippen molar-refractivity contribution in [1.29, 1.82) is 0 Å². The highest BCUT2D eigenvalue weighted by Gasteiger charge is 2.61. The minimum Gasteiger partial charge on any atom is -0.331 e. The third-order valence-electron chi connectivity index (χ3n) is 7.09. The number of ketones is 1. The van der Waals surface area contributed by atoms with Gasteiger partial charge in [0.25, 0.3) is 11.8 Å². The van der Waals surface area contributed by atoms with Crippen LogP contribution in [0.2, 0.25) is 0 Å². The fourth-order valence-electron chi connectivity index (χ4n) is 4.82. The first-order valence-electron chi connectivity index (χ1n) is 12.7. The number of halogens is 2. The molecule has 0 aliphatic heterocycles. The summed E-state index contributed by atoms with van der Waals surface area (Å²) in [5.41, 5.74) is 3.78. The molecule has 0 radical (unpaired) electrons.